The fraction of sp³-hybridized carbons (Fsp3) is 0.212. The molecule has 0 radical (unpaired) electrons. The first kappa shape index (κ1) is 32.6. The van der Waals surface area contributed by atoms with Crippen LogP contribution in [0.3, 0.4) is 0 Å². The number of benzene rings is 3. The Labute approximate surface area is 270 Å². The number of sulfone groups is 1. The summed E-state index contributed by atoms with van der Waals surface area (Å²) in [6.45, 7) is 3.04. The smallest absolute Gasteiger partial charge is 0.229 e. The number of ether oxygens (including phenoxy) is 1. The number of amides is 2. The maximum Gasteiger partial charge on any atom is 0.229 e. The molecule has 46 heavy (non-hydrogen) atoms. The number of hydrogen-bond donors (Lipinski definition) is 0. The molecule has 0 fully saturated rings. The van der Waals surface area contributed by atoms with Gasteiger partial charge in [-0.25, -0.2) is 22.8 Å². The normalized spacial score (nSPS) is 11.4. The van der Waals surface area contributed by atoms with Crippen LogP contribution in [0, 0.1) is 5.82 Å². The van der Waals surface area contributed by atoms with E-state index >= 15 is 0 Å². The number of aromatic nitrogens is 2. The topological polar surface area (TPSA) is 123 Å². The van der Waals surface area contributed by atoms with Crippen molar-refractivity contribution in [2.45, 2.75) is 27.0 Å². The van der Waals surface area contributed by atoms with Crippen LogP contribution in [0.1, 0.15) is 25.2 Å². The molecular weight excluding hydrogens is 635 g/mol. The molecule has 3 aromatic carbocycles. The van der Waals surface area contributed by atoms with Gasteiger partial charge in [-0.1, -0.05) is 23.7 Å². The standard InChI is InChI=1S/C33H30ClFN4O6S/c1-21(40)38(13-14-46(3,42)43)18-27-9-12-31(45-27)24-7-10-30-28(16-24)33(37-20-36-30)39(22(2)41)26-8-11-32(29(34)17-26)44-19-23-5-4-6-25(35)15-23/h4-12,15-17,20H,13-14,18-19H2,1-3H3. The molecule has 0 bridgehead atoms. The summed E-state index contributed by atoms with van der Waals surface area (Å²) >= 11 is 6.55. The number of rotatable bonds is 11. The molecule has 0 aliphatic heterocycles. The van der Waals surface area contributed by atoms with E-state index in [-0.39, 0.29) is 48.1 Å². The van der Waals surface area contributed by atoms with Gasteiger partial charge in [-0.05, 0) is 66.2 Å². The minimum Gasteiger partial charge on any atom is -0.487 e. The lowest BCUT2D eigenvalue weighted by atomic mass is 10.1. The minimum atomic E-state index is -3.25. The van der Waals surface area contributed by atoms with Crippen LogP contribution in [0.5, 0.6) is 5.75 Å². The van der Waals surface area contributed by atoms with Crippen molar-refractivity contribution < 1.29 is 31.6 Å². The van der Waals surface area contributed by atoms with Crippen LogP contribution in [0.15, 0.2) is 83.5 Å². The Morgan fingerprint density at radius 2 is 1.78 bits per heavy atom. The van der Waals surface area contributed by atoms with E-state index in [1.54, 1.807) is 54.6 Å². The molecule has 5 rings (SSSR count). The van der Waals surface area contributed by atoms with Gasteiger partial charge in [-0.3, -0.25) is 14.5 Å². The molecule has 0 atom stereocenters. The Morgan fingerprint density at radius 3 is 2.48 bits per heavy atom. The van der Waals surface area contributed by atoms with Crippen LogP contribution < -0.4 is 9.64 Å². The van der Waals surface area contributed by atoms with Crippen LogP contribution in [0.25, 0.3) is 22.2 Å². The number of anilines is 2. The molecule has 0 spiro atoms. The first-order valence-electron chi connectivity index (χ1n) is 14.1. The van der Waals surface area contributed by atoms with Crippen LogP contribution in [-0.4, -0.2) is 53.7 Å². The molecule has 13 heteroatoms. The maximum atomic E-state index is 13.6. The van der Waals surface area contributed by atoms with Crippen molar-refractivity contribution in [1.29, 1.82) is 0 Å². The monoisotopic (exact) mass is 664 g/mol. The zero-order valence-corrected chi connectivity index (χ0v) is 26.8. The molecule has 238 valence electrons. The zero-order chi connectivity index (χ0) is 33.0. The summed E-state index contributed by atoms with van der Waals surface area (Å²) in [6.07, 6.45) is 2.49. The van der Waals surface area contributed by atoms with Crippen LogP contribution in [-0.2, 0) is 32.6 Å². The minimum absolute atomic E-state index is 0.0475. The number of halogens is 2. The second kappa shape index (κ2) is 13.7. The van der Waals surface area contributed by atoms with E-state index in [4.69, 9.17) is 20.8 Å². The van der Waals surface area contributed by atoms with Gasteiger partial charge in [0.2, 0.25) is 11.8 Å². The van der Waals surface area contributed by atoms with Gasteiger partial charge in [0.05, 0.1) is 28.5 Å². The Kier molecular flexibility index (Phi) is 9.68. The molecule has 5 aromatic rings. The molecule has 0 saturated heterocycles. The van der Waals surface area contributed by atoms with E-state index in [1.807, 2.05) is 6.07 Å². The van der Waals surface area contributed by atoms with E-state index in [0.717, 1.165) is 6.26 Å². The predicted octanol–water partition coefficient (Wildman–Crippen LogP) is 6.34. The second-order valence-corrected chi connectivity index (χ2v) is 13.3. The van der Waals surface area contributed by atoms with Crippen LogP contribution >= 0.6 is 11.6 Å². The van der Waals surface area contributed by atoms with Crippen molar-refractivity contribution in [3.05, 3.63) is 101 Å². The quantitative estimate of drug-likeness (QED) is 0.160. The number of hydrogen-bond acceptors (Lipinski definition) is 8. The first-order valence-corrected chi connectivity index (χ1v) is 16.6. The highest BCUT2D eigenvalue weighted by atomic mass is 35.5. The van der Waals surface area contributed by atoms with E-state index in [9.17, 15) is 22.4 Å². The molecule has 10 nitrogen and oxygen atoms in total. The predicted molar refractivity (Wildman–Crippen MR) is 173 cm³/mol. The fourth-order valence-electron chi connectivity index (χ4n) is 4.79. The molecular formula is C33H30ClFN4O6S. The molecule has 0 N–H and O–H groups in total. The summed E-state index contributed by atoms with van der Waals surface area (Å²) in [5, 5.41) is 0.813. The van der Waals surface area contributed by atoms with Gasteiger partial charge < -0.3 is 14.1 Å². The molecule has 0 saturated carbocycles. The van der Waals surface area contributed by atoms with E-state index in [2.05, 4.69) is 9.97 Å². The molecule has 0 aliphatic carbocycles. The Balaban J connectivity index is 1.42. The Bertz CT molecular complexity index is 2030. The highest BCUT2D eigenvalue weighted by molar-refractivity contribution is 7.90. The summed E-state index contributed by atoms with van der Waals surface area (Å²) in [7, 11) is -3.25. The highest BCUT2D eigenvalue weighted by Gasteiger charge is 2.21. The molecule has 2 amide bonds. The number of fused-ring (bicyclic) bond motifs is 1. The lowest BCUT2D eigenvalue weighted by Gasteiger charge is -2.22. The molecule has 0 aliphatic rings. The van der Waals surface area contributed by atoms with Gasteiger partial charge in [-0.15, -0.1) is 0 Å². The number of furan rings is 1. The van der Waals surface area contributed by atoms with Crippen molar-refractivity contribution >= 4 is 55.7 Å². The van der Waals surface area contributed by atoms with Gasteiger partial charge in [0.1, 0.15) is 45.9 Å². The van der Waals surface area contributed by atoms with E-state index in [1.165, 1.54) is 42.1 Å². The van der Waals surface area contributed by atoms with Crippen molar-refractivity contribution in [2.24, 2.45) is 0 Å². The average molecular weight is 665 g/mol. The summed E-state index contributed by atoms with van der Waals surface area (Å²) in [5.41, 5.74) is 2.33. The SMILES string of the molecule is CC(=O)N(CCS(C)(=O)=O)Cc1ccc(-c2ccc3ncnc(N(C(C)=O)c4ccc(OCc5cccc(F)c5)c(Cl)c4)c3c2)o1. The van der Waals surface area contributed by atoms with Crippen molar-refractivity contribution in [1.82, 2.24) is 14.9 Å². The maximum absolute atomic E-state index is 13.6. The highest BCUT2D eigenvalue weighted by Crippen LogP contribution is 2.36. The van der Waals surface area contributed by atoms with Crippen molar-refractivity contribution in [2.75, 3.05) is 23.5 Å². The fourth-order valence-corrected chi connectivity index (χ4v) is 5.57. The van der Waals surface area contributed by atoms with Crippen molar-refractivity contribution in [3.8, 4) is 17.1 Å². The Morgan fingerprint density at radius 1 is 0.978 bits per heavy atom. The van der Waals surface area contributed by atoms with Gasteiger partial charge in [0.15, 0.2) is 5.82 Å². The Hall–Kier alpha value is -4.81. The van der Waals surface area contributed by atoms with Crippen LogP contribution in [0.4, 0.5) is 15.9 Å². The average Bonchev–Trinajstić information content (AvgIpc) is 3.47. The first-order chi connectivity index (χ1) is 21.9. The van der Waals surface area contributed by atoms with Crippen molar-refractivity contribution in [3.63, 3.8) is 0 Å². The van der Waals surface area contributed by atoms with Gasteiger partial charge in [0, 0.05) is 37.6 Å². The molecule has 2 aromatic heterocycles. The third-order valence-corrected chi connectivity index (χ3v) is 8.29. The number of carbonyl (C=O) groups is 2. The summed E-state index contributed by atoms with van der Waals surface area (Å²) in [5.74, 6) is 0.530. The number of carbonyl (C=O) groups excluding carboxylic acids is 2. The van der Waals surface area contributed by atoms with E-state index in [0.29, 0.717) is 50.8 Å². The lowest BCUT2D eigenvalue weighted by molar-refractivity contribution is -0.129. The lowest BCUT2D eigenvalue weighted by Crippen LogP contribution is -2.32. The van der Waals surface area contributed by atoms with Crippen LogP contribution in [0.2, 0.25) is 5.02 Å². The zero-order valence-electron chi connectivity index (χ0n) is 25.2. The largest absolute Gasteiger partial charge is 0.487 e. The summed E-state index contributed by atoms with van der Waals surface area (Å²) in [4.78, 5) is 36.8. The molecule has 0 unspecified atom stereocenters. The molecule has 2 heterocycles. The third kappa shape index (κ3) is 7.88. The second-order valence-electron chi connectivity index (χ2n) is 10.7. The number of nitrogens with zero attached hydrogens (tertiary/aromatic N) is 4. The third-order valence-electron chi connectivity index (χ3n) is 7.07. The van der Waals surface area contributed by atoms with Gasteiger partial charge in [0.25, 0.3) is 0 Å². The summed E-state index contributed by atoms with van der Waals surface area (Å²) < 4.78 is 48.6. The van der Waals surface area contributed by atoms with E-state index < -0.39 is 9.84 Å². The summed E-state index contributed by atoms with van der Waals surface area (Å²) in [6, 6.07) is 19.8. The van der Waals surface area contributed by atoms with Gasteiger partial charge >= 0.3 is 0 Å². The van der Waals surface area contributed by atoms with Gasteiger partial charge in [-0.2, -0.15) is 0 Å².